The highest BCUT2D eigenvalue weighted by atomic mass is 32.1. The third-order valence-corrected chi connectivity index (χ3v) is 4.87. The van der Waals surface area contributed by atoms with Gasteiger partial charge in [-0.25, -0.2) is 4.98 Å². The topological polar surface area (TPSA) is 60.5 Å². The van der Waals surface area contributed by atoms with E-state index in [4.69, 9.17) is 9.47 Å². The molecule has 122 valence electrons. The Kier molecular flexibility index (Phi) is 5.25. The molecule has 0 saturated carbocycles. The van der Waals surface area contributed by atoms with E-state index in [2.05, 4.69) is 23.3 Å². The fourth-order valence-electron chi connectivity index (χ4n) is 2.41. The summed E-state index contributed by atoms with van der Waals surface area (Å²) in [6, 6.07) is 7.49. The predicted octanol–water partition coefficient (Wildman–Crippen LogP) is 2.84. The average molecular weight is 332 g/mol. The maximum Gasteiger partial charge on any atom is 0.251 e. The lowest BCUT2D eigenvalue weighted by atomic mass is 10.1. The van der Waals surface area contributed by atoms with Crippen LogP contribution in [0.15, 0.2) is 35.8 Å². The van der Waals surface area contributed by atoms with Crippen LogP contribution in [0.4, 0.5) is 0 Å². The first-order valence-electron chi connectivity index (χ1n) is 7.74. The largest absolute Gasteiger partial charge is 0.472 e. The highest BCUT2D eigenvalue weighted by Crippen LogP contribution is 2.20. The molecule has 2 atom stereocenters. The number of amides is 1. The van der Waals surface area contributed by atoms with Gasteiger partial charge in [0.1, 0.15) is 6.10 Å². The van der Waals surface area contributed by atoms with Crippen LogP contribution in [-0.4, -0.2) is 36.8 Å². The van der Waals surface area contributed by atoms with Gasteiger partial charge >= 0.3 is 0 Å². The zero-order valence-corrected chi connectivity index (χ0v) is 13.8. The zero-order chi connectivity index (χ0) is 16.1. The minimum absolute atomic E-state index is 0.0275. The Bertz CT molecular complexity index is 639. The number of rotatable bonds is 6. The minimum atomic E-state index is -0.108. The Hall–Kier alpha value is -1.92. The first kappa shape index (κ1) is 16.0. The van der Waals surface area contributed by atoms with Crippen LogP contribution in [0.3, 0.4) is 0 Å². The lowest BCUT2D eigenvalue weighted by Crippen LogP contribution is -2.27. The Morgan fingerprint density at radius 1 is 1.57 bits per heavy atom. The van der Waals surface area contributed by atoms with Gasteiger partial charge in [-0.05, 0) is 17.5 Å². The number of ether oxygens (including phenoxy) is 2. The molecule has 1 saturated heterocycles. The molecule has 0 aromatic carbocycles. The molecule has 0 bridgehead atoms. The molecular weight excluding hydrogens is 312 g/mol. The summed E-state index contributed by atoms with van der Waals surface area (Å²) in [4.78, 5) is 17.7. The van der Waals surface area contributed by atoms with Gasteiger partial charge in [-0.3, -0.25) is 4.79 Å². The summed E-state index contributed by atoms with van der Waals surface area (Å²) >= 11 is 1.71. The highest BCUT2D eigenvalue weighted by molar-refractivity contribution is 7.10. The lowest BCUT2D eigenvalue weighted by Gasteiger charge is -2.13. The van der Waals surface area contributed by atoms with E-state index in [-0.39, 0.29) is 12.0 Å². The smallest absolute Gasteiger partial charge is 0.251 e. The number of hydrogen-bond donors (Lipinski definition) is 1. The molecule has 0 unspecified atom stereocenters. The van der Waals surface area contributed by atoms with Crippen molar-refractivity contribution in [3.05, 3.63) is 46.3 Å². The molecule has 2 aromatic heterocycles. The van der Waals surface area contributed by atoms with Crippen molar-refractivity contribution in [3.8, 4) is 5.88 Å². The third kappa shape index (κ3) is 4.30. The van der Waals surface area contributed by atoms with E-state index in [1.54, 1.807) is 29.7 Å². The Balaban J connectivity index is 1.56. The van der Waals surface area contributed by atoms with Gasteiger partial charge in [0.2, 0.25) is 5.88 Å². The minimum Gasteiger partial charge on any atom is -0.472 e. The Morgan fingerprint density at radius 3 is 3.22 bits per heavy atom. The van der Waals surface area contributed by atoms with Gasteiger partial charge in [0.15, 0.2) is 0 Å². The number of thiophene rings is 1. The highest BCUT2D eigenvalue weighted by Gasteiger charge is 2.18. The van der Waals surface area contributed by atoms with Crippen molar-refractivity contribution < 1.29 is 14.3 Å². The van der Waals surface area contributed by atoms with Crippen LogP contribution in [0, 0.1) is 0 Å². The fourth-order valence-corrected chi connectivity index (χ4v) is 3.20. The molecule has 1 N–H and O–H groups in total. The second kappa shape index (κ2) is 7.57. The summed E-state index contributed by atoms with van der Waals surface area (Å²) in [5.74, 6) is 0.662. The number of hydrogen-bond acceptors (Lipinski definition) is 5. The van der Waals surface area contributed by atoms with E-state index in [0.717, 1.165) is 6.42 Å². The van der Waals surface area contributed by atoms with Crippen LogP contribution in [0.2, 0.25) is 0 Å². The van der Waals surface area contributed by atoms with E-state index >= 15 is 0 Å². The fraction of sp³-hybridized carbons (Fsp3) is 0.412. The van der Waals surface area contributed by atoms with E-state index in [1.807, 2.05) is 11.4 Å². The molecule has 23 heavy (non-hydrogen) atoms. The van der Waals surface area contributed by atoms with Gasteiger partial charge in [-0.2, -0.15) is 0 Å². The molecule has 1 fully saturated rings. The van der Waals surface area contributed by atoms with Crippen molar-refractivity contribution >= 4 is 17.2 Å². The summed E-state index contributed by atoms with van der Waals surface area (Å²) in [5, 5.41) is 5.02. The summed E-state index contributed by atoms with van der Waals surface area (Å²) in [6.45, 7) is 4.00. The maximum atomic E-state index is 12.3. The molecular formula is C17H20N2O3S. The van der Waals surface area contributed by atoms with Crippen molar-refractivity contribution in [2.24, 2.45) is 0 Å². The van der Waals surface area contributed by atoms with Gasteiger partial charge < -0.3 is 14.8 Å². The van der Waals surface area contributed by atoms with E-state index in [1.165, 1.54) is 4.88 Å². The van der Waals surface area contributed by atoms with E-state index < -0.39 is 0 Å². The van der Waals surface area contributed by atoms with Crippen molar-refractivity contribution in [2.75, 3.05) is 19.8 Å². The van der Waals surface area contributed by atoms with Crippen LogP contribution in [0.5, 0.6) is 5.88 Å². The van der Waals surface area contributed by atoms with Gasteiger partial charge in [0.25, 0.3) is 5.91 Å². The molecule has 3 rings (SSSR count). The van der Waals surface area contributed by atoms with Gasteiger partial charge in [-0.15, -0.1) is 11.3 Å². The predicted molar refractivity (Wildman–Crippen MR) is 89.2 cm³/mol. The Labute approximate surface area is 139 Å². The number of aromatic nitrogens is 1. The average Bonchev–Trinajstić information content (AvgIpc) is 3.26. The van der Waals surface area contributed by atoms with E-state index in [9.17, 15) is 4.79 Å². The summed E-state index contributed by atoms with van der Waals surface area (Å²) in [6.07, 6.45) is 2.48. The van der Waals surface area contributed by atoms with Gasteiger partial charge in [0, 0.05) is 41.6 Å². The molecule has 6 heteroatoms. The number of nitrogens with one attached hydrogen (secondary N) is 1. The number of carbonyl (C=O) groups excluding carboxylic acids is 1. The first-order chi connectivity index (χ1) is 11.2. The quantitative estimate of drug-likeness (QED) is 0.884. The molecule has 1 aliphatic heterocycles. The second-order valence-electron chi connectivity index (χ2n) is 5.61. The zero-order valence-electron chi connectivity index (χ0n) is 13.0. The van der Waals surface area contributed by atoms with Crippen molar-refractivity contribution in [1.29, 1.82) is 0 Å². The van der Waals surface area contributed by atoms with Crippen LogP contribution >= 0.6 is 11.3 Å². The second-order valence-corrected chi connectivity index (χ2v) is 6.59. The molecule has 0 spiro atoms. The molecule has 1 aliphatic rings. The molecule has 3 heterocycles. The molecule has 0 aliphatic carbocycles. The van der Waals surface area contributed by atoms with Crippen molar-refractivity contribution in [2.45, 2.75) is 25.4 Å². The monoisotopic (exact) mass is 332 g/mol. The molecule has 5 nitrogen and oxygen atoms in total. The van der Waals surface area contributed by atoms with Gasteiger partial charge in [-0.1, -0.05) is 13.0 Å². The van der Waals surface area contributed by atoms with Crippen molar-refractivity contribution in [1.82, 2.24) is 10.3 Å². The maximum absolute atomic E-state index is 12.3. The SMILES string of the molecule is C[C@H](CNC(=O)c1ccnc(O[C@H]2CCOC2)c1)c1cccs1. The Morgan fingerprint density at radius 2 is 2.48 bits per heavy atom. The third-order valence-electron chi connectivity index (χ3n) is 3.77. The number of pyridine rings is 1. The molecule has 1 amide bonds. The summed E-state index contributed by atoms with van der Waals surface area (Å²) < 4.78 is 11.0. The summed E-state index contributed by atoms with van der Waals surface area (Å²) in [5.41, 5.74) is 0.562. The van der Waals surface area contributed by atoms with Crippen LogP contribution in [0.25, 0.3) is 0 Å². The van der Waals surface area contributed by atoms with E-state index in [0.29, 0.717) is 37.1 Å². The number of nitrogens with zero attached hydrogens (tertiary/aromatic N) is 1. The number of carbonyl (C=O) groups is 1. The lowest BCUT2D eigenvalue weighted by molar-refractivity contribution is 0.0950. The molecule has 2 aromatic rings. The van der Waals surface area contributed by atoms with Crippen LogP contribution in [-0.2, 0) is 4.74 Å². The first-order valence-corrected chi connectivity index (χ1v) is 8.62. The molecule has 0 radical (unpaired) electrons. The standard InChI is InChI=1S/C17H20N2O3S/c1-12(15-3-2-8-23-15)10-19-17(20)13-4-6-18-16(9-13)22-14-5-7-21-11-14/h2-4,6,8-9,12,14H,5,7,10-11H2,1H3,(H,19,20)/t12-,14+/m1/s1. The summed E-state index contributed by atoms with van der Waals surface area (Å²) in [7, 11) is 0. The van der Waals surface area contributed by atoms with Crippen molar-refractivity contribution in [3.63, 3.8) is 0 Å². The van der Waals surface area contributed by atoms with Gasteiger partial charge in [0.05, 0.1) is 13.2 Å². The van der Waals surface area contributed by atoms with Crippen LogP contribution in [0.1, 0.15) is 34.5 Å². The normalized spacial score (nSPS) is 18.6. The van der Waals surface area contributed by atoms with Crippen LogP contribution < -0.4 is 10.1 Å².